The molecule has 0 spiro atoms. The second-order valence-corrected chi connectivity index (χ2v) is 9.23. The number of rotatable bonds is 10. The minimum absolute atomic E-state index is 0.0364. The van der Waals surface area contributed by atoms with E-state index < -0.39 is 0 Å². The van der Waals surface area contributed by atoms with E-state index in [1.165, 1.54) is 5.56 Å². The van der Waals surface area contributed by atoms with Crippen molar-refractivity contribution in [1.29, 1.82) is 0 Å². The van der Waals surface area contributed by atoms with Crippen molar-refractivity contribution >= 4 is 0 Å². The molecule has 0 unspecified atom stereocenters. The van der Waals surface area contributed by atoms with Crippen LogP contribution in [-0.2, 0) is 13.2 Å². The summed E-state index contributed by atoms with van der Waals surface area (Å²) in [5.74, 6) is 7.30. The summed E-state index contributed by atoms with van der Waals surface area (Å²) in [5, 5.41) is 0. The lowest BCUT2D eigenvalue weighted by Crippen LogP contribution is -2.24. The standard InChI is InChI=1S/C29H35N3O/c1-5-17-31(18-8-6-7-15-29(2,3)4)22-25-11-10-14-28(21-25)33-23-26-12-9-13-27(20-26)32-19-16-30-24-32/h6,8-14,16,19-21,24H,5,17-18,22-23H2,1-4H3. The largest absolute Gasteiger partial charge is 0.489 e. The fourth-order valence-electron chi connectivity index (χ4n) is 3.45. The molecule has 172 valence electrons. The van der Waals surface area contributed by atoms with Crippen molar-refractivity contribution in [2.24, 2.45) is 5.41 Å². The highest BCUT2D eigenvalue weighted by Crippen LogP contribution is 2.18. The number of allylic oxidation sites excluding steroid dienone is 1. The molecule has 4 nitrogen and oxygen atoms in total. The van der Waals surface area contributed by atoms with Gasteiger partial charge in [0.2, 0.25) is 0 Å². The Hall–Kier alpha value is -3.29. The SMILES string of the molecule is CCCN(CC=CC#CC(C)(C)C)Cc1cccc(OCc2cccc(-n3ccnc3)c2)c1. The summed E-state index contributed by atoms with van der Waals surface area (Å²) in [6, 6.07) is 16.7. The third-order valence-electron chi connectivity index (χ3n) is 4.98. The second kappa shape index (κ2) is 12.1. The van der Waals surface area contributed by atoms with Crippen molar-refractivity contribution in [3.63, 3.8) is 0 Å². The van der Waals surface area contributed by atoms with E-state index in [0.717, 1.165) is 43.1 Å². The van der Waals surface area contributed by atoms with Gasteiger partial charge in [-0.2, -0.15) is 0 Å². The van der Waals surface area contributed by atoms with Crippen LogP contribution in [0, 0.1) is 17.3 Å². The van der Waals surface area contributed by atoms with Crippen molar-refractivity contribution in [2.75, 3.05) is 13.1 Å². The predicted octanol–water partition coefficient (Wildman–Crippen LogP) is 6.27. The molecular formula is C29H35N3O. The number of aromatic nitrogens is 2. The number of hydrogen-bond acceptors (Lipinski definition) is 3. The summed E-state index contributed by atoms with van der Waals surface area (Å²) in [6.07, 6.45) is 10.8. The maximum absolute atomic E-state index is 6.12. The van der Waals surface area contributed by atoms with Gasteiger partial charge in [0.15, 0.2) is 0 Å². The van der Waals surface area contributed by atoms with E-state index in [9.17, 15) is 0 Å². The molecule has 0 saturated carbocycles. The highest BCUT2D eigenvalue weighted by atomic mass is 16.5. The fraction of sp³-hybridized carbons (Fsp3) is 0.345. The molecule has 3 rings (SSSR count). The molecular weight excluding hydrogens is 406 g/mol. The lowest BCUT2D eigenvalue weighted by Gasteiger charge is -2.20. The van der Waals surface area contributed by atoms with Crippen LogP contribution in [-0.4, -0.2) is 27.5 Å². The van der Waals surface area contributed by atoms with Crippen LogP contribution in [0.2, 0.25) is 0 Å². The van der Waals surface area contributed by atoms with Gasteiger partial charge < -0.3 is 9.30 Å². The van der Waals surface area contributed by atoms with Crippen molar-refractivity contribution in [2.45, 2.75) is 47.3 Å². The first-order chi connectivity index (χ1) is 15.9. The van der Waals surface area contributed by atoms with Gasteiger partial charge in [0, 0.05) is 36.6 Å². The predicted molar refractivity (Wildman–Crippen MR) is 136 cm³/mol. The number of ether oxygens (including phenoxy) is 1. The van der Waals surface area contributed by atoms with Crippen molar-refractivity contribution in [1.82, 2.24) is 14.5 Å². The Morgan fingerprint density at radius 2 is 1.91 bits per heavy atom. The first-order valence-corrected chi connectivity index (χ1v) is 11.6. The minimum Gasteiger partial charge on any atom is -0.489 e. The molecule has 4 heteroatoms. The zero-order valence-corrected chi connectivity index (χ0v) is 20.3. The molecule has 0 bridgehead atoms. The summed E-state index contributed by atoms with van der Waals surface area (Å²) in [6.45, 7) is 11.9. The Morgan fingerprint density at radius 1 is 1.09 bits per heavy atom. The van der Waals surface area contributed by atoms with E-state index >= 15 is 0 Å². The van der Waals surface area contributed by atoms with Gasteiger partial charge in [0.25, 0.3) is 0 Å². The molecule has 1 aromatic heterocycles. The van der Waals surface area contributed by atoms with Gasteiger partial charge in [-0.15, -0.1) is 0 Å². The van der Waals surface area contributed by atoms with Crippen molar-refractivity contribution in [3.8, 4) is 23.3 Å². The molecule has 0 fully saturated rings. The highest BCUT2D eigenvalue weighted by Gasteiger charge is 2.06. The highest BCUT2D eigenvalue weighted by molar-refractivity contribution is 5.36. The summed E-state index contributed by atoms with van der Waals surface area (Å²) < 4.78 is 8.11. The normalized spacial score (nSPS) is 11.5. The lowest BCUT2D eigenvalue weighted by molar-refractivity contribution is 0.290. The van der Waals surface area contributed by atoms with E-state index in [1.807, 2.05) is 29.0 Å². The molecule has 0 aliphatic rings. The summed E-state index contributed by atoms with van der Waals surface area (Å²) in [7, 11) is 0. The van der Waals surface area contributed by atoms with Crippen LogP contribution >= 0.6 is 0 Å². The zero-order chi connectivity index (χ0) is 23.5. The molecule has 0 atom stereocenters. The number of hydrogen-bond donors (Lipinski definition) is 0. The van der Waals surface area contributed by atoms with Gasteiger partial charge in [-0.05, 0) is 75.2 Å². The maximum Gasteiger partial charge on any atom is 0.120 e. The monoisotopic (exact) mass is 441 g/mol. The van der Waals surface area contributed by atoms with E-state index in [2.05, 4.69) is 91.9 Å². The Kier molecular flexibility index (Phi) is 8.92. The summed E-state index contributed by atoms with van der Waals surface area (Å²) in [5.41, 5.74) is 3.50. The van der Waals surface area contributed by atoms with Crippen LogP contribution in [0.5, 0.6) is 5.75 Å². The van der Waals surface area contributed by atoms with E-state index in [-0.39, 0.29) is 5.41 Å². The molecule has 0 N–H and O–H groups in total. The number of imidazole rings is 1. The van der Waals surface area contributed by atoms with Crippen molar-refractivity contribution in [3.05, 3.63) is 90.5 Å². The van der Waals surface area contributed by atoms with Gasteiger partial charge in [-0.25, -0.2) is 4.98 Å². The van der Waals surface area contributed by atoms with Crippen LogP contribution < -0.4 is 4.74 Å². The molecule has 2 aromatic carbocycles. The quantitative estimate of drug-likeness (QED) is 0.347. The molecule has 0 aliphatic heterocycles. The lowest BCUT2D eigenvalue weighted by atomic mass is 9.98. The Morgan fingerprint density at radius 3 is 2.67 bits per heavy atom. The molecule has 0 radical (unpaired) electrons. The average molecular weight is 442 g/mol. The molecule has 0 amide bonds. The third kappa shape index (κ3) is 8.63. The van der Waals surface area contributed by atoms with Crippen LogP contribution in [0.4, 0.5) is 0 Å². The third-order valence-corrected chi connectivity index (χ3v) is 4.98. The summed E-state index contributed by atoms with van der Waals surface area (Å²) >= 11 is 0. The maximum atomic E-state index is 6.12. The molecule has 33 heavy (non-hydrogen) atoms. The van der Waals surface area contributed by atoms with Crippen LogP contribution in [0.3, 0.4) is 0 Å². The molecule has 1 heterocycles. The first-order valence-electron chi connectivity index (χ1n) is 11.6. The van der Waals surface area contributed by atoms with Crippen LogP contribution in [0.1, 0.15) is 45.2 Å². The topological polar surface area (TPSA) is 30.3 Å². The Balaban J connectivity index is 1.58. The van der Waals surface area contributed by atoms with E-state index in [4.69, 9.17) is 4.74 Å². The molecule has 0 aliphatic carbocycles. The number of nitrogens with zero attached hydrogens (tertiary/aromatic N) is 3. The van der Waals surface area contributed by atoms with Gasteiger partial charge in [-0.1, -0.05) is 49.1 Å². The molecule has 0 saturated heterocycles. The Bertz CT molecular complexity index is 1080. The van der Waals surface area contributed by atoms with Crippen molar-refractivity contribution < 1.29 is 4.74 Å². The van der Waals surface area contributed by atoms with Crippen LogP contribution in [0.15, 0.2) is 79.4 Å². The average Bonchev–Trinajstić information content (AvgIpc) is 3.32. The Labute approximate surface area is 198 Å². The zero-order valence-electron chi connectivity index (χ0n) is 20.3. The van der Waals surface area contributed by atoms with Gasteiger partial charge >= 0.3 is 0 Å². The van der Waals surface area contributed by atoms with Crippen LogP contribution in [0.25, 0.3) is 5.69 Å². The fourth-order valence-corrected chi connectivity index (χ4v) is 3.45. The smallest absolute Gasteiger partial charge is 0.120 e. The van der Waals surface area contributed by atoms with E-state index in [1.54, 1.807) is 12.5 Å². The minimum atomic E-state index is 0.0364. The van der Waals surface area contributed by atoms with Gasteiger partial charge in [0.1, 0.15) is 12.4 Å². The molecule has 3 aromatic rings. The summed E-state index contributed by atoms with van der Waals surface area (Å²) in [4.78, 5) is 6.56. The second-order valence-electron chi connectivity index (χ2n) is 9.23. The van der Waals surface area contributed by atoms with Gasteiger partial charge in [0.05, 0.1) is 6.33 Å². The van der Waals surface area contributed by atoms with E-state index in [0.29, 0.717) is 6.61 Å². The number of benzene rings is 2. The first kappa shape index (κ1) is 24.4. The van der Waals surface area contributed by atoms with Gasteiger partial charge in [-0.3, -0.25) is 4.90 Å².